The van der Waals surface area contributed by atoms with Crippen LogP contribution in [0.25, 0.3) is 0 Å². The van der Waals surface area contributed by atoms with Gasteiger partial charge in [-0.25, -0.2) is 0 Å². The molecule has 0 saturated carbocycles. The van der Waals surface area contributed by atoms with E-state index in [9.17, 15) is 19.8 Å². The van der Waals surface area contributed by atoms with Gasteiger partial charge in [0.2, 0.25) is 0 Å². The van der Waals surface area contributed by atoms with E-state index in [4.69, 9.17) is 0 Å². The molecule has 0 unspecified atom stereocenters. The monoisotopic (exact) mass is 499 g/mol. The minimum Gasteiger partial charge on any atom is -0.512 e. The first-order chi connectivity index (χ1) is 14.8. The van der Waals surface area contributed by atoms with Crippen LogP contribution in [-0.4, -0.2) is 21.8 Å². The average molecular weight is 500 g/mol. The van der Waals surface area contributed by atoms with Gasteiger partial charge in [0.25, 0.3) is 0 Å². The van der Waals surface area contributed by atoms with E-state index in [1.807, 2.05) is 102 Å². The molecule has 183 valence electrons. The summed E-state index contributed by atoms with van der Waals surface area (Å²) in [5, 5.41) is 19.3. The Labute approximate surface area is 208 Å². The zero-order valence-electron chi connectivity index (χ0n) is 20.4. The standard InChI is InChI=1S/2C14H18O2.Cu/c2*1-14(2,3)13(16)10-12(15)9-11-7-5-4-6-8-11;/h2*4-8,10,16H,9H2,1-3H3;/b2*13-10-;. The van der Waals surface area contributed by atoms with Gasteiger partial charge in [0.1, 0.15) is 11.5 Å². The van der Waals surface area contributed by atoms with Gasteiger partial charge in [-0.15, -0.1) is 0 Å². The van der Waals surface area contributed by atoms with Gasteiger partial charge in [0.05, 0.1) is 0 Å². The smallest absolute Gasteiger partial charge is 0.163 e. The second-order valence-electron chi connectivity index (χ2n) is 9.82. The molecular formula is C28H36CuO4. The maximum absolute atomic E-state index is 11.6. The SMILES string of the molecule is CC(C)(C)/C(O)=C/C(=O)Cc1ccccc1.CC(C)(C)/C(O)=C/C(=O)Cc1ccccc1.[Cu]. The Hall–Kier alpha value is -2.62. The molecular weight excluding hydrogens is 464 g/mol. The minimum absolute atomic E-state index is 0. The molecule has 0 atom stereocenters. The van der Waals surface area contributed by atoms with E-state index in [2.05, 4.69) is 0 Å². The first kappa shape index (κ1) is 30.4. The molecule has 0 aliphatic rings. The Bertz CT molecular complexity index is 852. The molecule has 0 spiro atoms. The summed E-state index contributed by atoms with van der Waals surface area (Å²) in [5.74, 6) is 0.124. The molecule has 0 heterocycles. The normalized spacial score (nSPS) is 12.2. The van der Waals surface area contributed by atoms with Gasteiger partial charge in [-0.2, -0.15) is 0 Å². The molecule has 0 aliphatic heterocycles. The van der Waals surface area contributed by atoms with Crippen molar-refractivity contribution in [1.82, 2.24) is 0 Å². The number of aliphatic hydroxyl groups excluding tert-OH is 2. The third-order valence-electron chi connectivity index (χ3n) is 4.57. The number of carbonyl (C=O) groups is 2. The average Bonchev–Trinajstić information content (AvgIpc) is 2.68. The fourth-order valence-electron chi connectivity index (χ4n) is 2.43. The molecule has 5 heteroatoms. The predicted molar refractivity (Wildman–Crippen MR) is 131 cm³/mol. The summed E-state index contributed by atoms with van der Waals surface area (Å²) < 4.78 is 0. The molecule has 4 nitrogen and oxygen atoms in total. The molecule has 0 fully saturated rings. The van der Waals surface area contributed by atoms with Gasteiger partial charge in [0, 0.05) is 52.9 Å². The van der Waals surface area contributed by atoms with Crippen molar-refractivity contribution >= 4 is 11.6 Å². The number of benzene rings is 2. The van der Waals surface area contributed by atoms with Crippen LogP contribution in [0.1, 0.15) is 52.7 Å². The zero-order valence-corrected chi connectivity index (χ0v) is 21.3. The van der Waals surface area contributed by atoms with Gasteiger partial charge >= 0.3 is 0 Å². The summed E-state index contributed by atoms with van der Waals surface area (Å²) in [7, 11) is 0. The van der Waals surface area contributed by atoms with Crippen LogP contribution in [0.5, 0.6) is 0 Å². The molecule has 2 aromatic carbocycles. The maximum Gasteiger partial charge on any atom is 0.163 e. The summed E-state index contributed by atoms with van der Waals surface area (Å²) >= 11 is 0. The Balaban J connectivity index is 0.000000602. The summed E-state index contributed by atoms with van der Waals surface area (Å²) in [6, 6.07) is 19.0. The van der Waals surface area contributed by atoms with Crippen molar-refractivity contribution in [2.24, 2.45) is 10.8 Å². The number of aliphatic hydroxyl groups is 2. The molecule has 2 aromatic rings. The fourth-order valence-corrected chi connectivity index (χ4v) is 2.43. The van der Waals surface area contributed by atoms with Crippen LogP contribution in [0.2, 0.25) is 0 Å². The molecule has 0 saturated heterocycles. The van der Waals surface area contributed by atoms with Gasteiger partial charge in [0.15, 0.2) is 11.6 Å². The Kier molecular flexibility index (Phi) is 12.7. The van der Waals surface area contributed by atoms with Crippen molar-refractivity contribution in [2.75, 3.05) is 0 Å². The Morgan fingerprint density at radius 2 is 0.909 bits per heavy atom. The van der Waals surface area contributed by atoms with Crippen LogP contribution in [0.3, 0.4) is 0 Å². The first-order valence-corrected chi connectivity index (χ1v) is 10.7. The number of hydrogen-bond acceptors (Lipinski definition) is 4. The Morgan fingerprint density at radius 3 is 1.15 bits per heavy atom. The fraction of sp³-hybridized carbons (Fsp3) is 0.357. The van der Waals surface area contributed by atoms with Crippen LogP contribution in [-0.2, 0) is 39.5 Å². The second-order valence-corrected chi connectivity index (χ2v) is 9.82. The molecule has 33 heavy (non-hydrogen) atoms. The van der Waals surface area contributed by atoms with E-state index in [0.29, 0.717) is 12.8 Å². The third-order valence-corrected chi connectivity index (χ3v) is 4.57. The predicted octanol–water partition coefficient (Wildman–Crippen LogP) is 6.57. The van der Waals surface area contributed by atoms with E-state index in [1.165, 1.54) is 12.2 Å². The van der Waals surface area contributed by atoms with E-state index in [-0.39, 0.29) is 51.0 Å². The number of allylic oxidation sites excluding steroid dienone is 4. The topological polar surface area (TPSA) is 74.6 Å². The van der Waals surface area contributed by atoms with Crippen LogP contribution in [0, 0.1) is 10.8 Å². The van der Waals surface area contributed by atoms with Crippen LogP contribution in [0.4, 0.5) is 0 Å². The number of hydrogen-bond donors (Lipinski definition) is 2. The van der Waals surface area contributed by atoms with Crippen LogP contribution in [0.15, 0.2) is 84.3 Å². The van der Waals surface area contributed by atoms with Gasteiger partial charge in [-0.3, -0.25) is 9.59 Å². The summed E-state index contributed by atoms with van der Waals surface area (Å²) in [6.07, 6.45) is 3.32. The largest absolute Gasteiger partial charge is 0.512 e. The maximum atomic E-state index is 11.6. The number of carbonyl (C=O) groups excluding carboxylic acids is 2. The summed E-state index contributed by atoms with van der Waals surface area (Å²) in [6.45, 7) is 11.2. The van der Waals surface area contributed by atoms with Crippen molar-refractivity contribution < 1.29 is 36.9 Å². The second kappa shape index (κ2) is 13.8. The van der Waals surface area contributed by atoms with Crippen molar-refractivity contribution in [2.45, 2.75) is 54.4 Å². The molecule has 0 amide bonds. The molecule has 0 aromatic heterocycles. The van der Waals surface area contributed by atoms with Crippen molar-refractivity contribution in [3.05, 3.63) is 95.5 Å². The minimum atomic E-state index is -0.369. The van der Waals surface area contributed by atoms with Gasteiger partial charge in [-0.1, -0.05) is 102 Å². The Morgan fingerprint density at radius 1 is 0.636 bits per heavy atom. The molecule has 0 aliphatic carbocycles. The van der Waals surface area contributed by atoms with Gasteiger partial charge in [-0.05, 0) is 11.1 Å². The number of rotatable bonds is 6. The zero-order chi connectivity index (χ0) is 24.4. The molecule has 0 bridgehead atoms. The molecule has 2 N–H and O–H groups in total. The van der Waals surface area contributed by atoms with Crippen LogP contribution < -0.4 is 0 Å². The van der Waals surface area contributed by atoms with Crippen molar-refractivity contribution in [1.29, 1.82) is 0 Å². The van der Waals surface area contributed by atoms with Crippen molar-refractivity contribution in [3.63, 3.8) is 0 Å². The van der Waals surface area contributed by atoms with E-state index in [0.717, 1.165) is 11.1 Å². The third kappa shape index (κ3) is 12.9. The molecule has 1 radical (unpaired) electrons. The molecule has 2 rings (SSSR count). The summed E-state index contributed by atoms with van der Waals surface area (Å²) in [4.78, 5) is 23.3. The van der Waals surface area contributed by atoms with E-state index >= 15 is 0 Å². The summed E-state index contributed by atoms with van der Waals surface area (Å²) in [5.41, 5.74) is 1.19. The van der Waals surface area contributed by atoms with E-state index in [1.54, 1.807) is 0 Å². The van der Waals surface area contributed by atoms with Crippen LogP contribution >= 0.6 is 0 Å². The number of ketones is 2. The van der Waals surface area contributed by atoms with Gasteiger partial charge < -0.3 is 10.2 Å². The first-order valence-electron chi connectivity index (χ1n) is 10.7. The van der Waals surface area contributed by atoms with E-state index < -0.39 is 0 Å². The van der Waals surface area contributed by atoms with Crippen molar-refractivity contribution in [3.8, 4) is 0 Å². The quantitative estimate of drug-likeness (QED) is 0.268.